The fourth-order valence-electron chi connectivity index (χ4n) is 6.34. The average Bonchev–Trinajstić information content (AvgIpc) is 3.72. The standard InChI is InChI=1S/C43H28N2O2/c1-4-10-29(11-5-1)30-16-18-31(19-17-30)32-20-22-35(23-21-32)45(34-14-8-3-9-15-34)36-24-25-37-38-27-39-42(28-41(38)46-40(37)26-36)47-43(44-39)33-12-6-2-7-13-33/h1-28H. The normalized spacial score (nSPS) is 11.4. The Labute approximate surface area is 271 Å². The molecule has 0 bridgehead atoms. The van der Waals surface area contributed by atoms with Crippen molar-refractivity contribution in [3.63, 3.8) is 0 Å². The maximum atomic E-state index is 6.44. The number of rotatable bonds is 6. The summed E-state index contributed by atoms with van der Waals surface area (Å²) >= 11 is 0. The first kappa shape index (κ1) is 27.0. The summed E-state index contributed by atoms with van der Waals surface area (Å²) in [5.41, 5.74) is 12.0. The van der Waals surface area contributed by atoms with Crippen LogP contribution in [0.3, 0.4) is 0 Å². The highest BCUT2D eigenvalue weighted by molar-refractivity contribution is 6.09. The number of fused-ring (bicyclic) bond motifs is 4. The summed E-state index contributed by atoms with van der Waals surface area (Å²) in [6, 6.07) is 58.8. The van der Waals surface area contributed by atoms with Gasteiger partial charge in [0.05, 0.1) is 0 Å². The van der Waals surface area contributed by atoms with Gasteiger partial charge in [0.15, 0.2) is 5.58 Å². The van der Waals surface area contributed by atoms with Crippen LogP contribution in [-0.4, -0.2) is 4.98 Å². The van der Waals surface area contributed by atoms with Crippen LogP contribution in [0.2, 0.25) is 0 Å². The molecule has 0 spiro atoms. The topological polar surface area (TPSA) is 42.4 Å². The summed E-state index contributed by atoms with van der Waals surface area (Å²) in [5.74, 6) is 0.605. The van der Waals surface area contributed by atoms with Crippen molar-refractivity contribution in [2.75, 3.05) is 4.90 Å². The minimum Gasteiger partial charge on any atom is -0.456 e. The summed E-state index contributed by atoms with van der Waals surface area (Å²) < 4.78 is 12.6. The van der Waals surface area contributed by atoms with Gasteiger partial charge in [-0.25, -0.2) is 4.98 Å². The minimum atomic E-state index is 0.605. The predicted octanol–water partition coefficient (Wildman–Crippen LogP) is 12.2. The average molecular weight is 605 g/mol. The zero-order chi connectivity index (χ0) is 31.2. The van der Waals surface area contributed by atoms with E-state index in [2.05, 4.69) is 126 Å². The fraction of sp³-hybridized carbons (Fsp3) is 0. The van der Waals surface area contributed by atoms with Crippen molar-refractivity contribution < 1.29 is 8.83 Å². The second-order valence-corrected chi connectivity index (χ2v) is 11.6. The quantitative estimate of drug-likeness (QED) is 0.189. The first-order valence-corrected chi connectivity index (χ1v) is 15.7. The molecule has 2 heterocycles. The van der Waals surface area contributed by atoms with Crippen LogP contribution in [0.1, 0.15) is 0 Å². The first-order valence-electron chi connectivity index (χ1n) is 15.7. The molecule has 2 aromatic heterocycles. The zero-order valence-electron chi connectivity index (χ0n) is 25.4. The summed E-state index contributed by atoms with van der Waals surface area (Å²) in [6.07, 6.45) is 0. The van der Waals surface area contributed by atoms with Crippen LogP contribution in [0.4, 0.5) is 17.1 Å². The van der Waals surface area contributed by atoms with Gasteiger partial charge < -0.3 is 13.7 Å². The van der Waals surface area contributed by atoms with Gasteiger partial charge in [0.1, 0.15) is 16.7 Å². The lowest BCUT2D eigenvalue weighted by Crippen LogP contribution is -2.09. The molecule has 9 rings (SSSR count). The van der Waals surface area contributed by atoms with Crippen LogP contribution >= 0.6 is 0 Å². The molecule has 0 unspecified atom stereocenters. The van der Waals surface area contributed by atoms with E-state index in [0.29, 0.717) is 11.5 Å². The molecule has 0 N–H and O–H groups in total. The van der Waals surface area contributed by atoms with Crippen LogP contribution < -0.4 is 4.90 Å². The molecule has 0 aliphatic carbocycles. The van der Waals surface area contributed by atoms with Crippen molar-refractivity contribution in [1.82, 2.24) is 4.98 Å². The fourth-order valence-corrected chi connectivity index (χ4v) is 6.34. The number of hydrogen-bond donors (Lipinski definition) is 0. The zero-order valence-corrected chi connectivity index (χ0v) is 25.4. The summed E-state index contributed by atoms with van der Waals surface area (Å²) in [4.78, 5) is 7.03. The lowest BCUT2D eigenvalue weighted by Gasteiger charge is -2.25. The third-order valence-corrected chi connectivity index (χ3v) is 8.71. The molecule has 47 heavy (non-hydrogen) atoms. The maximum absolute atomic E-state index is 6.44. The van der Waals surface area contributed by atoms with Gasteiger partial charge in [0, 0.05) is 45.5 Å². The Kier molecular flexibility index (Phi) is 6.43. The summed E-state index contributed by atoms with van der Waals surface area (Å²) in [5, 5.41) is 2.05. The third kappa shape index (κ3) is 4.93. The molecule has 0 saturated heterocycles. The van der Waals surface area contributed by atoms with E-state index in [0.717, 1.165) is 50.1 Å². The second-order valence-electron chi connectivity index (χ2n) is 11.6. The van der Waals surface area contributed by atoms with E-state index in [1.165, 1.54) is 22.3 Å². The van der Waals surface area contributed by atoms with Crippen LogP contribution in [0.5, 0.6) is 0 Å². The van der Waals surface area contributed by atoms with Crippen molar-refractivity contribution in [3.8, 4) is 33.7 Å². The van der Waals surface area contributed by atoms with E-state index >= 15 is 0 Å². The Morgan fingerprint density at radius 2 is 0.872 bits per heavy atom. The van der Waals surface area contributed by atoms with E-state index in [9.17, 15) is 0 Å². The summed E-state index contributed by atoms with van der Waals surface area (Å²) in [6.45, 7) is 0. The van der Waals surface area contributed by atoms with Crippen molar-refractivity contribution in [2.45, 2.75) is 0 Å². The van der Waals surface area contributed by atoms with Crippen molar-refractivity contribution in [3.05, 3.63) is 170 Å². The van der Waals surface area contributed by atoms with Gasteiger partial charge in [-0.1, -0.05) is 103 Å². The molecule has 9 aromatic rings. The van der Waals surface area contributed by atoms with E-state index < -0.39 is 0 Å². The number of para-hydroxylation sites is 1. The molecule has 4 heteroatoms. The minimum absolute atomic E-state index is 0.605. The molecule has 7 aromatic carbocycles. The number of hydrogen-bond acceptors (Lipinski definition) is 4. The smallest absolute Gasteiger partial charge is 0.227 e. The molecule has 0 radical (unpaired) electrons. The Bertz CT molecular complexity index is 2480. The van der Waals surface area contributed by atoms with Crippen LogP contribution in [-0.2, 0) is 0 Å². The van der Waals surface area contributed by atoms with Gasteiger partial charge in [-0.2, -0.15) is 0 Å². The largest absolute Gasteiger partial charge is 0.456 e. The van der Waals surface area contributed by atoms with Gasteiger partial charge in [-0.05, 0) is 76.9 Å². The van der Waals surface area contributed by atoms with E-state index in [4.69, 9.17) is 13.8 Å². The molecule has 0 fully saturated rings. The molecule has 0 atom stereocenters. The number of oxazole rings is 1. The monoisotopic (exact) mass is 604 g/mol. The van der Waals surface area contributed by atoms with Crippen LogP contribution in [0.25, 0.3) is 66.7 Å². The number of furan rings is 1. The molecule has 0 aliphatic rings. The van der Waals surface area contributed by atoms with E-state index in [-0.39, 0.29) is 0 Å². The van der Waals surface area contributed by atoms with Gasteiger partial charge in [0.25, 0.3) is 0 Å². The van der Waals surface area contributed by atoms with Crippen LogP contribution in [0, 0.1) is 0 Å². The van der Waals surface area contributed by atoms with E-state index in [1.807, 2.05) is 48.5 Å². The first-order chi connectivity index (χ1) is 23.3. The van der Waals surface area contributed by atoms with Crippen molar-refractivity contribution in [1.29, 1.82) is 0 Å². The van der Waals surface area contributed by atoms with Gasteiger partial charge in [0.2, 0.25) is 5.89 Å². The third-order valence-electron chi connectivity index (χ3n) is 8.71. The highest BCUT2D eigenvalue weighted by Crippen LogP contribution is 2.40. The van der Waals surface area contributed by atoms with Crippen molar-refractivity contribution in [2.24, 2.45) is 0 Å². The molecule has 4 nitrogen and oxygen atoms in total. The van der Waals surface area contributed by atoms with Gasteiger partial charge >= 0.3 is 0 Å². The van der Waals surface area contributed by atoms with Crippen LogP contribution in [0.15, 0.2) is 179 Å². The summed E-state index contributed by atoms with van der Waals surface area (Å²) in [7, 11) is 0. The maximum Gasteiger partial charge on any atom is 0.227 e. The second kappa shape index (κ2) is 11.2. The lowest BCUT2D eigenvalue weighted by atomic mass is 10.00. The molecule has 0 saturated carbocycles. The molecular formula is C43H28N2O2. The number of aromatic nitrogens is 1. The molecule has 0 amide bonds. The van der Waals surface area contributed by atoms with E-state index in [1.54, 1.807) is 0 Å². The highest BCUT2D eigenvalue weighted by atomic mass is 16.4. The molecule has 0 aliphatic heterocycles. The Morgan fingerprint density at radius 3 is 1.53 bits per heavy atom. The SMILES string of the molecule is c1ccc(-c2ccc(-c3ccc(N(c4ccccc4)c4ccc5c(c4)oc4cc6oc(-c7ccccc7)nc6cc45)cc3)cc2)cc1. The Balaban J connectivity index is 1.07. The molecular weight excluding hydrogens is 576 g/mol. The Hall–Kier alpha value is -6.39. The number of benzene rings is 7. The highest BCUT2D eigenvalue weighted by Gasteiger charge is 2.17. The number of anilines is 3. The molecule has 222 valence electrons. The van der Waals surface area contributed by atoms with Gasteiger partial charge in [-0.3, -0.25) is 0 Å². The van der Waals surface area contributed by atoms with Gasteiger partial charge in [-0.15, -0.1) is 0 Å². The predicted molar refractivity (Wildman–Crippen MR) is 192 cm³/mol. The number of nitrogens with zero attached hydrogens (tertiary/aromatic N) is 2. The lowest BCUT2D eigenvalue weighted by molar-refractivity contribution is 0.617. The van der Waals surface area contributed by atoms with Crippen molar-refractivity contribution >= 4 is 50.1 Å². The Morgan fingerprint density at radius 1 is 0.362 bits per heavy atom.